The first-order valence-electron chi connectivity index (χ1n) is 7.21. The molecular formula is C16H25NO2. The number of phenolic OH excluding ortho intramolecular Hbond substituents is 1. The second kappa shape index (κ2) is 6.29. The topological polar surface area (TPSA) is 41.5 Å². The van der Waals surface area contributed by atoms with Gasteiger partial charge < -0.3 is 15.2 Å². The van der Waals surface area contributed by atoms with Crippen molar-refractivity contribution >= 4 is 0 Å². The van der Waals surface area contributed by atoms with Gasteiger partial charge in [-0.15, -0.1) is 0 Å². The maximum atomic E-state index is 9.95. The van der Waals surface area contributed by atoms with Gasteiger partial charge in [-0.3, -0.25) is 0 Å². The second-order valence-electron chi connectivity index (χ2n) is 5.75. The van der Waals surface area contributed by atoms with E-state index in [0.717, 1.165) is 18.0 Å². The molecule has 0 heterocycles. The molecule has 1 aromatic rings. The highest BCUT2D eigenvalue weighted by molar-refractivity contribution is 5.39. The first-order chi connectivity index (χ1) is 9.11. The highest BCUT2D eigenvalue weighted by atomic mass is 16.5. The fourth-order valence-corrected chi connectivity index (χ4v) is 2.93. The molecule has 0 amide bonds. The van der Waals surface area contributed by atoms with Gasteiger partial charge in [0.05, 0.1) is 7.11 Å². The quantitative estimate of drug-likeness (QED) is 0.875. The zero-order valence-corrected chi connectivity index (χ0v) is 12.1. The molecule has 0 aliphatic heterocycles. The molecule has 1 aromatic carbocycles. The van der Waals surface area contributed by atoms with Gasteiger partial charge in [0.25, 0.3) is 0 Å². The molecule has 1 aliphatic rings. The lowest BCUT2D eigenvalue weighted by atomic mass is 9.78. The summed E-state index contributed by atoms with van der Waals surface area (Å²) in [5.41, 5.74) is 0.936. The molecule has 2 N–H and O–H groups in total. The van der Waals surface area contributed by atoms with E-state index in [0.29, 0.717) is 23.5 Å². The minimum Gasteiger partial charge on any atom is -0.507 e. The number of phenols is 1. The molecule has 19 heavy (non-hydrogen) atoms. The van der Waals surface area contributed by atoms with Crippen LogP contribution in [0.3, 0.4) is 0 Å². The van der Waals surface area contributed by atoms with Crippen LogP contribution in [0.2, 0.25) is 0 Å². The average molecular weight is 263 g/mol. The molecule has 3 atom stereocenters. The number of aromatic hydroxyl groups is 1. The SMILES string of the molecule is COc1ccc(CNC2CCCC(C)C2C)c(O)c1. The Balaban J connectivity index is 1.95. The lowest BCUT2D eigenvalue weighted by Gasteiger charge is -2.34. The van der Waals surface area contributed by atoms with E-state index in [4.69, 9.17) is 4.74 Å². The number of methoxy groups -OCH3 is 1. The van der Waals surface area contributed by atoms with Crippen molar-refractivity contribution in [1.82, 2.24) is 5.32 Å². The monoisotopic (exact) mass is 263 g/mol. The lowest BCUT2D eigenvalue weighted by molar-refractivity contribution is 0.205. The predicted molar refractivity (Wildman–Crippen MR) is 77.5 cm³/mol. The van der Waals surface area contributed by atoms with Gasteiger partial charge >= 0.3 is 0 Å². The third kappa shape index (κ3) is 3.41. The van der Waals surface area contributed by atoms with E-state index in [-0.39, 0.29) is 0 Å². The van der Waals surface area contributed by atoms with Crippen molar-refractivity contribution in [1.29, 1.82) is 0 Å². The van der Waals surface area contributed by atoms with Crippen molar-refractivity contribution in [2.45, 2.75) is 45.7 Å². The first-order valence-corrected chi connectivity index (χ1v) is 7.21. The third-order valence-electron chi connectivity index (χ3n) is 4.55. The lowest BCUT2D eigenvalue weighted by Crippen LogP contribution is -2.40. The van der Waals surface area contributed by atoms with Crippen molar-refractivity contribution in [2.75, 3.05) is 7.11 Å². The molecule has 106 valence electrons. The van der Waals surface area contributed by atoms with Gasteiger partial charge in [-0.05, 0) is 24.3 Å². The summed E-state index contributed by atoms with van der Waals surface area (Å²) < 4.78 is 5.10. The van der Waals surface area contributed by atoms with Crippen molar-refractivity contribution < 1.29 is 9.84 Å². The zero-order chi connectivity index (χ0) is 13.8. The Morgan fingerprint density at radius 2 is 2.11 bits per heavy atom. The minimum atomic E-state index is 0.309. The van der Waals surface area contributed by atoms with Crippen LogP contribution in [-0.2, 0) is 6.54 Å². The van der Waals surface area contributed by atoms with Gasteiger partial charge in [-0.1, -0.05) is 32.8 Å². The average Bonchev–Trinajstić information content (AvgIpc) is 2.41. The molecule has 3 unspecified atom stereocenters. The summed E-state index contributed by atoms with van der Waals surface area (Å²) >= 11 is 0. The van der Waals surface area contributed by atoms with Crippen molar-refractivity contribution in [3.63, 3.8) is 0 Å². The number of hydrogen-bond acceptors (Lipinski definition) is 3. The maximum absolute atomic E-state index is 9.95. The van der Waals surface area contributed by atoms with Gasteiger partial charge in [0.15, 0.2) is 0 Å². The fourth-order valence-electron chi connectivity index (χ4n) is 2.93. The third-order valence-corrected chi connectivity index (χ3v) is 4.55. The van der Waals surface area contributed by atoms with E-state index in [1.807, 2.05) is 12.1 Å². The molecule has 3 nitrogen and oxygen atoms in total. The van der Waals surface area contributed by atoms with E-state index in [1.165, 1.54) is 19.3 Å². The molecule has 3 heteroatoms. The highest BCUT2D eigenvalue weighted by Gasteiger charge is 2.26. The number of rotatable bonds is 4. The summed E-state index contributed by atoms with van der Waals surface area (Å²) in [5.74, 6) is 2.49. The second-order valence-corrected chi connectivity index (χ2v) is 5.75. The first kappa shape index (κ1) is 14.2. The molecule has 1 aliphatic carbocycles. The van der Waals surface area contributed by atoms with Gasteiger partial charge in [-0.2, -0.15) is 0 Å². The van der Waals surface area contributed by atoms with E-state index < -0.39 is 0 Å². The van der Waals surface area contributed by atoms with Crippen LogP contribution in [0.4, 0.5) is 0 Å². The highest BCUT2D eigenvalue weighted by Crippen LogP contribution is 2.30. The van der Waals surface area contributed by atoms with Gasteiger partial charge in [0.1, 0.15) is 11.5 Å². The largest absolute Gasteiger partial charge is 0.507 e. The van der Waals surface area contributed by atoms with E-state index in [1.54, 1.807) is 13.2 Å². The van der Waals surface area contributed by atoms with Crippen LogP contribution in [0.25, 0.3) is 0 Å². The Labute approximate surface area is 116 Å². The predicted octanol–water partition coefficient (Wildman–Crippen LogP) is 3.32. The Kier molecular flexibility index (Phi) is 4.70. The molecule has 2 rings (SSSR count). The van der Waals surface area contributed by atoms with Crippen LogP contribution in [0, 0.1) is 11.8 Å². The van der Waals surface area contributed by atoms with Crippen molar-refractivity contribution in [3.8, 4) is 11.5 Å². The standard InChI is InChI=1S/C16H25NO2/c1-11-5-4-6-15(12(11)2)17-10-13-7-8-14(19-3)9-16(13)18/h7-9,11-12,15,17-18H,4-6,10H2,1-3H3. The number of nitrogens with one attached hydrogen (secondary N) is 1. The van der Waals surface area contributed by atoms with Gasteiger partial charge in [-0.25, -0.2) is 0 Å². The summed E-state index contributed by atoms with van der Waals surface area (Å²) in [5, 5.41) is 13.5. The normalized spacial score (nSPS) is 27.2. The summed E-state index contributed by atoms with van der Waals surface area (Å²) in [7, 11) is 1.61. The Hall–Kier alpha value is -1.22. The molecule has 0 radical (unpaired) electrons. The zero-order valence-electron chi connectivity index (χ0n) is 12.1. The number of ether oxygens (including phenoxy) is 1. The summed E-state index contributed by atoms with van der Waals surface area (Å²) in [6, 6.07) is 6.05. The summed E-state index contributed by atoms with van der Waals surface area (Å²) in [6.45, 7) is 5.39. The molecule has 0 aromatic heterocycles. The maximum Gasteiger partial charge on any atom is 0.123 e. The smallest absolute Gasteiger partial charge is 0.123 e. The van der Waals surface area contributed by atoms with Crippen LogP contribution in [-0.4, -0.2) is 18.3 Å². The van der Waals surface area contributed by atoms with Crippen LogP contribution in [0.1, 0.15) is 38.7 Å². The Morgan fingerprint density at radius 3 is 2.79 bits per heavy atom. The molecule has 0 saturated heterocycles. The van der Waals surface area contributed by atoms with Crippen molar-refractivity contribution in [3.05, 3.63) is 23.8 Å². The molecule has 0 bridgehead atoms. The van der Waals surface area contributed by atoms with Crippen LogP contribution in [0.5, 0.6) is 11.5 Å². The van der Waals surface area contributed by atoms with Gasteiger partial charge in [0, 0.05) is 24.2 Å². The fraction of sp³-hybridized carbons (Fsp3) is 0.625. The van der Waals surface area contributed by atoms with Gasteiger partial charge in [0.2, 0.25) is 0 Å². The summed E-state index contributed by atoms with van der Waals surface area (Å²) in [6.07, 6.45) is 3.88. The van der Waals surface area contributed by atoms with Crippen LogP contribution >= 0.6 is 0 Å². The molecular weight excluding hydrogens is 238 g/mol. The van der Waals surface area contributed by atoms with E-state index in [9.17, 15) is 5.11 Å². The number of benzene rings is 1. The minimum absolute atomic E-state index is 0.309. The molecule has 1 saturated carbocycles. The van der Waals surface area contributed by atoms with Crippen LogP contribution in [0.15, 0.2) is 18.2 Å². The summed E-state index contributed by atoms with van der Waals surface area (Å²) in [4.78, 5) is 0. The van der Waals surface area contributed by atoms with Crippen LogP contribution < -0.4 is 10.1 Å². The number of hydrogen-bond donors (Lipinski definition) is 2. The van der Waals surface area contributed by atoms with E-state index in [2.05, 4.69) is 19.2 Å². The van der Waals surface area contributed by atoms with Crippen molar-refractivity contribution in [2.24, 2.45) is 11.8 Å². The molecule has 1 fully saturated rings. The van der Waals surface area contributed by atoms with E-state index >= 15 is 0 Å². The Morgan fingerprint density at radius 1 is 1.32 bits per heavy atom. The molecule has 0 spiro atoms. The Bertz CT molecular complexity index is 419.